The maximum Gasteiger partial charge on any atom is 0.409 e. The highest BCUT2D eigenvalue weighted by Crippen LogP contribution is 2.19. The second kappa shape index (κ2) is 10.5. The highest BCUT2D eigenvalue weighted by Gasteiger charge is 2.25. The highest BCUT2D eigenvalue weighted by atomic mass is 16.6. The molecule has 31 heavy (non-hydrogen) atoms. The molecule has 2 aromatic rings. The van der Waals surface area contributed by atoms with Crippen molar-refractivity contribution in [1.29, 1.82) is 0 Å². The molecule has 3 amide bonds. The number of piperidine rings is 1. The lowest BCUT2D eigenvalue weighted by Gasteiger charge is -2.31. The van der Waals surface area contributed by atoms with E-state index < -0.39 is 0 Å². The summed E-state index contributed by atoms with van der Waals surface area (Å²) in [5.41, 5.74) is 1.28. The van der Waals surface area contributed by atoms with Crippen molar-refractivity contribution in [1.82, 2.24) is 10.2 Å². The lowest BCUT2D eigenvalue weighted by atomic mass is 10.0. The van der Waals surface area contributed by atoms with Crippen molar-refractivity contribution in [3.8, 4) is 5.75 Å². The third kappa shape index (κ3) is 5.75. The molecule has 0 aliphatic carbocycles. The van der Waals surface area contributed by atoms with Gasteiger partial charge in [0, 0.05) is 24.7 Å². The topological polar surface area (TPSA) is 97.0 Å². The monoisotopic (exact) mass is 425 g/mol. The van der Waals surface area contributed by atoms with Crippen molar-refractivity contribution >= 4 is 23.6 Å². The van der Waals surface area contributed by atoms with Crippen LogP contribution in [0.2, 0.25) is 0 Å². The molecule has 0 bridgehead atoms. The fourth-order valence-corrected chi connectivity index (χ4v) is 3.41. The summed E-state index contributed by atoms with van der Waals surface area (Å²) < 4.78 is 10.1. The number of anilines is 1. The Hall–Kier alpha value is -3.55. The number of benzene rings is 2. The van der Waals surface area contributed by atoms with E-state index >= 15 is 0 Å². The Balaban J connectivity index is 1.61. The number of likely N-dealkylation sites (tertiary alicyclic amines) is 1. The lowest BCUT2D eigenvalue weighted by Crippen LogP contribution is -2.46. The number of ether oxygens (including phenoxy) is 2. The van der Waals surface area contributed by atoms with Gasteiger partial charge in [-0.2, -0.15) is 0 Å². The van der Waals surface area contributed by atoms with Crippen molar-refractivity contribution in [2.24, 2.45) is 0 Å². The number of carbonyl (C=O) groups is 3. The van der Waals surface area contributed by atoms with Gasteiger partial charge in [0.15, 0.2) is 0 Å². The summed E-state index contributed by atoms with van der Waals surface area (Å²) >= 11 is 0. The predicted molar refractivity (Wildman–Crippen MR) is 116 cm³/mol. The summed E-state index contributed by atoms with van der Waals surface area (Å²) in [5.74, 6) is 0.0798. The van der Waals surface area contributed by atoms with Crippen LogP contribution in [0.5, 0.6) is 5.75 Å². The maximum absolute atomic E-state index is 12.9. The number of para-hydroxylation sites is 1. The third-order valence-electron chi connectivity index (χ3n) is 5.13. The summed E-state index contributed by atoms with van der Waals surface area (Å²) in [6.45, 7) is 3.17. The van der Waals surface area contributed by atoms with Crippen LogP contribution in [-0.4, -0.2) is 55.7 Å². The first-order valence-electron chi connectivity index (χ1n) is 10.3. The number of nitrogens with one attached hydrogen (secondary N) is 2. The van der Waals surface area contributed by atoms with Crippen molar-refractivity contribution in [2.75, 3.05) is 32.1 Å². The zero-order valence-electron chi connectivity index (χ0n) is 17.7. The Morgan fingerprint density at radius 1 is 1.00 bits per heavy atom. The average molecular weight is 425 g/mol. The molecule has 8 nitrogen and oxygen atoms in total. The molecule has 3 rings (SSSR count). The van der Waals surface area contributed by atoms with Gasteiger partial charge in [0.25, 0.3) is 11.8 Å². The summed E-state index contributed by atoms with van der Waals surface area (Å²) in [7, 11) is 1.56. The Morgan fingerprint density at radius 2 is 1.68 bits per heavy atom. The molecule has 1 aliphatic heterocycles. The van der Waals surface area contributed by atoms with Crippen LogP contribution in [0, 0.1) is 0 Å². The van der Waals surface area contributed by atoms with Gasteiger partial charge in [-0.3, -0.25) is 9.59 Å². The van der Waals surface area contributed by atoms with Gasteiger partial charge in [-0.25, -0.2) is 4.79 Å². The Morgan fingerprint density at radius 3 is 2.32 bits per heavy atom. The molecule has 1 heterocycles. The standard InChI is InChI=1S/C23H27N3O5/c1-3-31-23(29)26-14-12-17(13-15-26)24-22(28)19-6-4-5-7-20(19)25-21(27)16-8-10-18(30-2)11-9-16/h4-11,17H,3,12-15H2,1-2H3,(H,24,28)(H,25,27). The number of carbonyl (C=O) groups excluding carboxylic acids is 3. The molecule has 164 valence electrons. The molecule has 1 saturated heterocycles. The molecule has 1 aliphatic rings. The quantitative estimate of drug-likeness (QED) is 0.740. The van der Waals surface area contributed by atoms with Gasteiger partial charge in [-0.05, 0) is 56.2 Å². The molecule has 1 fully saturated rings. The first-order valence-corrected chi connectivity index (χ1v) is 10.3. The molecule has 0 saturated carbocycles. The lowest BCUT2D eigenvalue weighted by molar-refractivity contribution is 0.0860. The third-order valence-corrected chi connectivity index (χ3v) is 5.13. The number of nitrogens with zero attached hydrogens (tertiary/aromatic N) is 1. The van der Waals surface area contributed by atoms with Gasteiger partial charge in [0.1, 0.15) is 5.75 Å². The van der Waals surface area contributed by atoms with E-state index in [1.54, 1.807) is 67.5 Å². The molecular weight excluding hydrogens is 398 g/mol. The fraction of sp³-hybridized carbons (Fsp3) is 0.348. The van der Waals surface area contributed by atoms with Crippen molar-refractivity contribution in [3.05, 3.63) is 59.7 Å². The molecular formula is C23H27N3O5. The second-order valence-corrected chi connectivity index (χ2v) is 7.16. The van der Waals surface area contributed by atoms with E-state index in [0.29, 0.717) is 55.1 Å². The SMILES string of the molecule is CCOC(=O)N1CCC(NC(=O)c2ccccc2NC(=O)c2ccc(OC)cc2)CC1. The van der Waals surface area contributed by atoms with E-state index in [4.69, 9.17) is 9.47 Å². The Labute approximate surface area is 181 Å². The van der Waals surface area contributed by atoms with E-state index in [0.717, 1.165) is 0 Å². The maximum atomic E-state index is 12.9. The largest absolute Gasteiger partial charge is 0.497 e. The number of methoxy groups -OCH3 is 1. The average Bonchev–Trinajstić information content (AvgIpc) is 2.80. The van der Waals surface area contributed by atoms with E-state index in [-0.39, 0.29) is 23.9 Å². The van der Waals surface area contributed by atoms with E-state index in [1.165, 1.54) is 0 Å². The summed E-state index contributed by atoms with van der Waals surface area (Å²) in [6.07, 6.45) is 0.967. The zero-order chi connectivity index (χ0) is 22.2. The van der Waals surface area contributed by atoms with E-state index in [9.17, 15) is 14.4 Å². The number of rotatable bonds is 6. The molecule has 0 spiro atoms. The van der Waals surface area contributed by atoms with Crippen LogP contribution in [0.15, 0.2) is 48.5 Å². The minimum Gasteiger partial charge on any atom is -0.497 e. The smallest absolute Gasteiger partial charge is 0.409 e. The van der Waals surface area contributed by atoms with Gasteiger partial charge in [-0.1, -0.05) is 12.1 Å². The summed E-state index contributed by atoms with van der Waals surface area (Å²) in [5, 5.41) is 5.82. The summed E-state index contributed by atoms with van der Waals surface area (Å²) in [6, 6.07) is 13.6. The van der Waals surface area contributed by atoms with Crippen LogP contribution in [-0.2, 0) is 4.74 Å². The van der Waals surface area contributed by atoms with E-state index in [1.807, 2.05) is 0 Å². The Kier molecular flexibility index (Phi) is 7.48. The molecule has 0 unspecified atom stereocenters. The van der Waals surface area contributed by atoms with Crippen LogP contribution in [0.1, 0.15) is 40.5 Å². The van der Waals surface area contributed by atoms with Gasteiger partial charge in [0.2, 0.25) is 0 Å². The predicted octanol–water partition coefficient (Wildman–Crippen LogP) is 3.30. The van der Waals surface area contributed by atoms with Crippen molar-refractivity contribution in [3.63, 3.8) is 0 Å². The molecule has 2 aromatic carbocycles. The number of hydrogen-bond acceptors (Lipinski definition) is 5. The molecule has 0 aromatic heterocycles. The fourth-order valence-electron chi connectivity index (χ4n) is 3.41. The van der Waals surface area contributed by atoms with E-state index in [2.05, 4.69) is 10.6 Å². The highest BCUT2D eigenvalue weighted by molar-refractivity contribution is 6.09. The summed E-state index contributed by atoms with van der Waals surface area (Å²) in [4.78, 5) is 38.9. The van der Waals surface area contributed by atoms with Crippen LogP contribution in [0.4, 0.5) is 10.5 Å². The van der Waals surface area contributed by atoms with Crippen LogP contribution in [0.25, 0.3) is 0 Å². The van der Waals surface area contributed by atoms with Crippen LogP contribution >= 0.6 is 0 Å². The second-order valence-electron chi connectivity index (χ2n) is 7.16. The van der Waals surface area contributed by atoms with Crippen molar-refractivity contribution in [2.45, 2.75) is 25.8 Å². The first-order chi connectivity index (χ1) is 15.0. The minimum atomic E-state index is -0.320. The first kappa shape index (κ1) is 22.1. The van der Waals surface area contributed by atoms with Gasteiger partial charge in [-0.15, -0.1) is 0 Å². The normalized spacial score (nSPS) is 13.9. The van der Waals surface area contributed by atoms with Crippen molar-refractivity contribution < 1.29 is 23.9 Å². The molecule has 8 heteroatoms. The number of amides is 3. The van der Waals surface area contributed by atoms with Crippen LogP contribution in [0.3, 0.4) is 0 Å². The van der Waals surface area contributed by atoms with Gasteiger partial charge in [0.05, 0.1) is 25.0 Å². The minimum absolute atomic E-state index is 0.0523. The van der Waals surface area contributed by atoms with Gasteiger partial charge < -0.3 is 25.0 Å². The molecule has 0 atom stereocenters. The Bertz CT molecular complexity index is 921. The van der Waals surface area contributed by atoms with Crippen LogP contribution < -0.4 is 15.4 Å². The number of hydrogen-bond donors (Lipinski definition) is 2. The zero-order valence-corrected chi connectivity index (χ0v) is 17.7. The molecule has 0 radical (unpaired) electrons. The van der Waals surface area contributed by atoms with Gasteiger partial charge >= 0.3 is 6.09 Å². The molecule has 2 N–H and O–H groups in total.